The van der Waals surface area contributed by atoms with Crippen molar-refractivity contribution >= 4 is 11.9 Å². The second-order valence-electron chi connectivity index (χ2n) is 2.82. The van der Waals surface area contributed by atoms with Gasteiger partial charge in [-0.3, -0.25) is 9.68 Å². The maximum Gasteiger partial charge on any atom is 0.342 e. The maximum atomic E-state index is 10.8. The molecule has 1 N–H and O–H groups in total. The van der Waals surface area contributed by atoms with E-state index in [2.05, 4.69) is 9.78 Å². The number of hydrogen-bond donors (Lipinski definition) is 1. The average molecular weight is 204 g/mol. The van der Waals surface area contributed by atoms with Crippen molar-refractivity contribution in [2.45, 2.75) is 39.0 Å². The maximum absolute atomic E-state index is 10.8. The van der Waals surface area contributed by atoms with Gasteiger partial charge >= 0.3 is 11.9 Å². The van der Waals surface area contributed by atoms with E-state index < -0.39 is 11.9 Å². The molecule has 0 radical (unpaired) electrons. The lowest BCUT2D eigenvalue weighted by Crippen LogP contribution is -2.05. The number of carboxylic acid groups (broad SMARTS) is 1. The fourth-order valence-corrected chi connectivity index (χ4v) is 0.889. The van der Waals surface area contributed by atoms with E-state index in [-0.39, 0.29) is 12.8 Å². The Morgan fingerprint density at radius 2 is 1.79 bits per heavy atom. The molecule has 5 nitrogen and oxygen atoms in total. The smallest absolute Gasteiger partial charge is 0.342 e. The van der Waals surface area contributed by atoms with Crippen molar-refractivity contribution in [1.29, 1.82) is 0 Å². The highest BCUT2D eigenvalue weighted by atomic mass is 17.2. The van der Waals surface area contributed by atoms with Crippen LogP contribution in [0, 0.1) is 0 Å². The normalized spacial score (nSPS) is 9.79. The summed E-state index contributed by atoms with van der Waals surface area (Å²) >= 11 is 0. The van der Waals surface area contributed by atoms with E-state index >= 15 is 0 Å². The van der Waals surface area contributed by atoms with Gasteiger partial charge in [-0.15, -0.1) is 0 Å². The van der Waals surface area contributed by atoms with E-state index in [4.69, 9.17) is 5.11 Å². The van der Waals surface area contributed by atoms with Crippen LogP contribution in [0.4, 0.5) is 0 Å². The Balaban J connectivity index is 3.19. The number of aliphatic carboxylic acids is 1. The first-order valence-corrected chi connectivity index (χ1v) is 4.71. The van der Waals surface area contributed by atoms with Crippen LogP contribution in [0.15, 0.2) is 0 Å². The molecule has 14 heavy (non-hydrogen) atoms. The lowest BCUT2D eigenvalue weighted by Gasteiger charge is -2.00. The van der Waals surface area contributed by atoms with E-state index in [0.717, 1.165) is 0 Å². The lowest BCUT2D eigenvalue weighted by molar-refractivity contribution is -0.269. The Morgan fingerprint density at radius 3 is 2.36 bits per heavy atom. The van der Waals surface area contributed by atoms with Crippen LogP contribution >= 0.6 is 0 Å². The molecule has 0 aliphatic heterocycles. The number of carbonyl (C=O) groups excluding carboxylic acids is 1. The molecule has 0 aromatic rings. The highest BCUT2D eigenvalue weighted by Gasteiger charge is 2.03. The minimum atomic E-state index is -0.804. The predicted molar refractivity (Wildman–Crippen MR) is 48.4 cm³/mol. The van der Waals surface area contributed by atoms with Gasteiger partial charge in [-0.25, -0.2) is 4.79 Å². The molecular weight excluding hydrogens is 188 g/mol. The third-order valence-electron chi connectivity index (χ3n) is 1.54. The number of unbranched alkanes of at least 4 members (excludes halogenated alkanes) is 2. The lowest BCUT2D eigenvalue weighted by atomic mass is 10.1. The first kappa shape index (κ1) is 12.9. The van der Waals surface area contributed by atoms with E-state index in [0.29, 0.717) is 25.9 Å². The summed E-state index contributed by atoms with van der Waals surface area (Å²) in [6.07, 6.45) is 2.38. The molecule has 0 aromatic heterocycles. The van der Waals surface area contributed by atoms with Gasteiger partial charge in [0.2, 0.25) is 0 Å². The molecule has 0 aliphatic carbocycles. The van der Waals surface area contributed by atoms with Gasteiger partial charge in [-0.1, -0.05) is 6.42 Å². The molecule has 0 saturated heterocycles. The Morgan fingerprint density at radius 1 is 1.14 bits per heavy atom. The second kappa shape index (κ2) is 8.50. The third kappa shape index (κ3) is 8.99. The molecule has 0 spiro atoms. The van der Waals surface area contributed by atoms with Gasteiger partial charge < -0.3 is 5.11 Å². The second-order valence-corrected chi connectivity index (χ2v) is 2.82. The summed E-state index contributed by atoms with van der Waals surface area (Å²) < 4.78 is 0. The molecule has 0 unspecified atom stereocenters. The molecule has 0 atom stereocenters. The van der Waals surface area contributed by atoms with Gasteiger partial charge in [0.25, 0.3) is 0 Å². The number of hydrogen-bond acceptors (Lipinski definition) is 4. The Hall–Kier alpha value is -1.10. The van der Waals surface area contributed by atoms with Crippen molar-refractivity contribution in [2.75, 3.05) is 6.61 Å². The van der Waals surface area contributed by atoms with Crippen LogP contribution in [0.1, 0.15) is 39.0 Å². The van der Waals surface area contributed by atoms with Crippen LogP contribution in [-0.4, -0.2) is 23.7 Å². The Bertz CT molecular complexity index is 178. The number of carboxylic acids is 1. The van der Waals surface area contributed by atoms with Gasteiger partial charge in [0.05, 0.1) is 6.61 Å². The quantitative estimate of drug-likeness (QED) is 0.368. The highest BCUT2D eigenvalue weighted by Crippen LogP contribution is 2.04. The summed E-state index contributed by atoms with van der Waals surface area (Å²) in [4.78, 5) is 29.8. The molecule has 5 heteroatoms. The first-order valence-electron chi connectivity index (χ1n) is 4.71. The van der Waals surface area contributed by atoms with Crippen LogP contribution in [0.25, 0.3) is 0 Å². The monoisotopic (exact) mass is 204 g/mol. The van der Waals surface area contributed by atoms with Crippen LogP contribution < -0.4 is 0 Å². The zero-order valence-corrected chi connectivity index (χ0v) is 8.32. The standard InChI is InChI=1S/C9H16O5/c1-2-13-14-9(12)7-5-3-4-6-8(10)11/h2-7H2,1H3,(H,10,11). The predicted octanol–water partition coefficient (Wildman–Crippen LogP) is 1.52. The molecule has 0 heterocycles. The fourth-order valence-electron chi connectivity index (χ4n) is 0.889. The summed E-state index contributed by atoms with van der Waals surface area (Å²) in [5.41, 5.74) is 0. The van der Waals surface area contributed by atoms with Gasteiger partial charge in [0.1, 0.15) is 0 Å². The molecule has 0 amide bonds. The van der Waals surface area contributed by atoms with Crippen LogP contribution in [0.3, 0.4) is 0 Å². The van der Waals surface area contributed by atoms with E-state index in [1.165, 1.54) is 0 Å². The summed E-state index contributed by atoms with van der Waals surface area (Å²) in [6, 6.07) is 0. The van der Waals surface area contributed by atoms with Crippen molar-refractivity contribution in [3.05, 3.63) is 0 Å². The highest BCUT2D eigenvalue weighted by molar-refractivity contribution is 5.68. The Kier molecular flexibility index (Phi) is 7.83. The minimum Gasteiger partial charge on any atom is -0.481 e. The SMILES string of the molecule is CCOOC(=O)CCCCCC(=O)O. The minimum absolute atomic E-state index is 0.153. The largest absolute Gasteiger partial charge is 0.481 e. The number of carbonyl (C=O) groups is 2. The van der Waals surface area contributed by atoms with E-state index in [1.54, 1.807) is 6.92 Å². The Labute approximate surface area is 82.9 Å². The van der Waals surface area contributed by atoms with Crippen molar-refractivity contribution < 1.29 is 24.5 Å². The topological polar surface area (TPSA) is 72.8 Å². The van der Waals surface area contributed by atoms with Crippen molar-refractivity contribution in [3.63, 3.8) is 0 Å². The first-order chi connectivity index (χ1) is 6.66. The molecular formula is C9H16O5. The van der Waals surface area contributed by atoms with Crippen LogP contribution in [0.2, 0.25) is 0 Å². The van der Waals surface area contributed by atoms with Crippen molar-refractivity contribution in [1.82, 2.24) is 0 Å². The van der Waals surface area contributed by atoms with Crippen LogP contribution in [-0.2, 0) is 19.4 Å². The van der Waals surface area contributed by atoms with Crippen molar-refractivity contribution in [2.24, 2.45) is 0 Å². The molecule has 0 saturated carbocycles. The zero-order valence-electron chi connectivity index (χ0n) is 8.32. The summed E-state index contributed by atoms with van der Waals surface area (Å²) in [5, 5.41) is 8.33. The third-order valence-corrected chi connectivity index (χ3v) is 1.54. The van der Waals surface area contributed by atoms with E-state index in [9.17, 15) is 9.59 Å². The zero-order chi connectivity index (χ0) is 10.8. The van der Waals surface area contributed by atoms with Gasteiger partial charge in [-0.05, 0) is 19.8 Å². The molecule has 0 rings (SSSR count). The summed E-state index contributed by atoms with van der Waals surface area (Å²) in [5.74, 6) is -1.20. The molecule has 0 aliphatic rings. The summed E-state index contributed by atoms with van der Waals surface area (Å²) in [6.45, 7) is 2.06. The van der Waals surface area contributed by atoms with Crippen LogP contribution in [0.5, 0.6) is 0 Å². The van der Waals surface area contributed by atoms with E-state index in [1.807, 2.05) is 0 Å². The summed E-state index contributed by atoms with van der Waals surface area (Å²) in [7, 11) is 0. The molecule has 82 valence electrons. The van der Waals surface area contributed by atoms with Gasteiger partial charge in [0.15, 0.2) is 0 Å². The van der Waals surface area contributed by atoms with Gasteiger partial charge in [0, 0.05) is 12.8 Å². The molecule has 0 bridgehead atoms. The fraction of sp³-hybridized carbons (Fsp3) is 0.778. The molecule has 0 aromatic carbocycles. The number of rotatable bonds is 8. The average Bonchev–Trinajstić information content (AvgIpc) is 2.13. The van der Waals surface area contributed by atoms with Crippen molar-refractivity contribution in [3.8, 4) is 0 Å². The van der Waals surface area contributed by atoms with Gasteiger partial charge in [-0.2, -0.15) is 4.89 Å². The molecule has 0 fully saturated rings.